The number of carbonyl (C=O) groups is 6. The van der Waals surface area contributed by atoms with Crippen LogP contribution < -0.4 is 24.7 Å². The Morgan fingerprint density at radius 1 is 1.17 bits per heavy atom. The van der Waals surface area contributed by atoms with Crippen molar-refractivity contribution in [1.82, 2.24) is 14.3 Å². The second kappa shape index (κ2) is 27.8. The number of amides is 2. The molecule has 23 nitrogen and oxygen atoms in total. The number of rotatable bonds is 16. The second-order valence-electron chi connectivity index (χ2n) is 18.7. The van der Waals surface area contributed by atoms with Gasteiger partial charge >= 0.3 is 13.6 Å². The zero-order valence-corrected chi connectivity index (χ0v) is 47.0. The minimum Gasteiger partial charge on any atom is -0.481 e. The quantitative estimate of drug-likeness (QED) is 0.0209. The molecule has 2 aliphatic heterocycles. The molecular formula is C50H60ClFN7O16PS2. The van der Waals surface area contributed by atoms with E-state index in [0.29, 0.717) is 29.3 Å². The summed E-state index contributed by atoms with van der Waals surface area (Å²) in [5.41, 5.74) is 2.72. The Balaban J connectivity index is 0.000000235. The van der Waals surface area contributed by atoms with Gasteiger partial charge in [-0.1, -0.05) is 44.9 Å². The Labute approximate surface area is 458 Å². The maximum atomic E-state index is 14.5. The zero-order chi connectivity index (χ0) is 58.4. The summed E-state index contributed by atoms with van der Waals surface area (Å²) in [5.74, 6) is -1.95. The fraction of sp³-hybridized carbons (Fsp3) is 0.440. The van der Waals surface area contributed by atoms with E-state index < -0.39 is 81.5 Å². The van der Waals surface area contributed by atoms with Crippen molar-refractivity contribution in [2.45, 2.75) is 84.2 Å². The summed E-state index contributed by atoms with van der Waals surface area (Å²) in [5, 5.41) is 21.2. The number of aromatic nitrogens is 2. The lowest BCUT2D eigenvalue weighted by atomic mass is 9.81. The van der Waals surface area contributed by atoms with Gasteiger partial charge in [0.15, 0.2) is 39.6 Å². The number of ether oxygens (including phenoxy) is 2. The number of carboxylic acid groups (broad SMARTS) is 1. The largest absolute Gasteiger partial charge is 0.481 e. The Morgan fingerprint density at radius 3 is 2.40 bits per heavy atom. The Hall–Kier alpha value is -6.56. The molecule has 3 aromatic carbocycles. The lowest BCUT2D eigenvalue weighted by Gasteiger charge is -2.31. The summed E-state index contributed by atoms with van der Waals surface area (Å²) in [6.45, 7) is 11.2. The van der Waals surface area contributed by atoms with Gasteiger partial charge in [-0.3, -0.25) is 53.7 Å². The lowest BCUT2D eigenvalue weighted by Crippen LogP contribution is -2.43. The topological polar surface area (TPSA) is 325 Å². The molecule has 78 heavy (non-hydrogen) atoms. The number of hydrogen-bond donors (Lipinski definition) is 4. The van der Waals surface area contributed by atoms with E-state index >= 15 is 0 Å². The van der Waals surface area contributed by atoms with Crippen LogP contribution in [0.25, 0.3) is 0 Å². The molecule has 1 atom stereocenters. The predicted molar refractivity (Wildman–Crippen MR) is 286 cm³/mol. The van der Waals surface area contributed by atoms with Crippen LogP contribution in [-0.2, 0) is 62.5 Å². The number of nitrogens with zero attached hydrogens (tertiary/aromatic N) is 6. The second-order valence-corrected chi connectivity index (χ2v) is 23.4. The van der Waals surface area contributed by atoms with Crippen LogP contribution in [0.4, 0.5) is 27.1 Å². The highest BCUT2D eigenvalue weighted by atomic mass is 35.5. The van der Waals surface area contributed by atoms with Gasteiger partial charge in [-0.05, 0) is 61.4 Å². The first-order chi connectivity index (χ1) is 36.5. The molecule has 422 valence electrons. The van der Waals surface area contributed by atoms with Gasteiger partial charge in [-0.15, -0.1) is 18.0 Å². The number of ketones is 3. The molecule has 7 rings (SSSR count). The van der Waals surface area contributed by atoms with Crippen LogP contribution >= 0.6 is 30.7 Å². The highest BCUT2D eigenvalue weighted by Crippen LogP contribution is 2.38. The number of hydrogen-bond acceptors (Lipinski definition) is 17. The van der Waals surface area contributed by atoms with Crippen LogP contribution in [0.3, 0.4) is 0 Å². The molecule has 0 bridgehead atoms. The number of benzene rings is 3. The molecule has 0 radical (unpaired) electrons. The van der Waals surface area contributed by atoms with Gasteiger partial charge < -0.3 is 33.8 Å². The van der Waals surface area contributed by atoms with Crippen molar-refractivity contribution in [3.63, 3.8) is 0 Å². The highest BCUT2D eigenvalue weighted by Gasteiger charge is 2.39. The number of nitro benzene ring substituents is 1. The molecule has 0 saturated heterocycles. The number of para-hydroxylation sites is 1. The van der Waals surface area contributed by atoms with Crippen molar-refractivity contribution in [2.75, 3.05) is 61.6 Å². The monoisotopic (exact) mass is 1160 g/mol. The van der Waals surface area contributed by atoms with Gasteiger partial charge in [0.05, 0.1) is 58.8 Å². The number of sulfone groups is 1. The van der Waals surface area contributed by atoms with E-state index in [0.717, 1.165) is 66.5 Å². The van der Waals surface area contributed by atoms with E-state index in [1.165, 1.54) is 28.6 Å². The molecule has 3 heterocycles. The Morgan fingerprint density at radius 2 is 1.83 bits per heavy atom. The molecule has 28 heteroatoms. The molecule has 1 fully saturated rings. The van der Waals surface area contributed by atoms with E-state index in [2.05, 4.69) is 47.4 Å². The number of Topliss-reactive ketones (excluding diaryl/α,β-unsaturated/α-hetero) is 3. The third-order valence-corrected chi connectivity index (χ3v) is 14.6. The first-order valence-electron chi connectivity index (χ1n) is 23.8. The van der Waals surface area contributed by atoms with E-state index in [-0.39, 0.29) is 65.7 Å². The zero-order valence-electron chi connectivity index (χ0n) is 43.7. The SMILES string of the molecule is C#CCN1C(=O)COc2cc(F)c(/N=c3\snc4n3CC(C)(C)C4)cc21.CCc1cccc(C)c1N(C(=O)CCl)C(C)COC.CS(=O)(=O)c1ccc(C(=O)C2C(=O)CCCC2=O)c([N+](=O)[O-])c1.O=C(O)CNCP(=O)(O)O. The van der Waals surface area contributed by atoms with E-state index in [4.69, 9.17) is 42.4 Å². The van der Waals surface area contributed by atoms with Gasteiger partial charge in [0, 0.05) is 62.8 Å². The van der Waals surface area contributed by atoms with E-state index in [9.17, 15) is 56.3 Å². The maximum Gasteiger partial charge on any atom is 0.339 e. The number of nitrogens with one attached hydrogen (secondary N) is 1. The number of alkyl halides is 1. The van der Waals surface area contributed by atoms with Gasteiger partial charge in [0.1, 0.15) is 29.1 Å². The van der Waals surface area contributed by atoms with Crippen molar-refractivity contribution in [3.8, 4) is 18.1 Å². The molecule has 1 aliphatic carbocycles. The number of halogens is 2. The molecule has 2 amide bonds. The molecule has 4 N–H and O–H groups in total. The number of methoxy groups -OCH3 is 1. The first kappa shape index (κ1) is 64.0. The summed E-state index contributed by atoms with van der Waals surface area (Å²) in [6.07, 6.45) is 7.86. The number of nitro groups is 1. The fourth-order valence-corrected chi connectivity index (χ4v) is 10.3. The summed E-state index contributed by atoms with van der Waals surface area (Å²) >= 11 is 7.00. The average molecular weight is 1160 g/mol. The molecule has 0 spiro atoms. The van der Waals surface area contributed by atoms with Crippen molar-refractivity contribution >= 4 is 98.4 Å². The lowest BCUT2D eigenvalue weighted by molar-refractivity contribution is -0.385. The third kappa shape index (κ3) is 17.2. The molecule has 4 aromatic rings. The minimum absolute atomic E-state index is 0.0223. The van der Waals surface area contributed by atoms with Gasteiger partial charge in [0.25, 0.3) is 11.6 Å². The summed E-state index contributed by atoms with van der Waals surface area (Å²) < 4.78 is 64.5. The fourth-order valence-electron chi connectivity index (χ4n) is 8.33. The van der Waals surface area contributed by atoms with Gasteiger partial charge in [-0.25, -0.2) is 17.8 Å². The number of aryl methyl sites for hydroxylation is 2. The number of aliphatic carboxylic acids is 1. The molecule has 3 aliphatic rings. The number of carboxylic acids is 1. The molecule has 1 saturated carbocycles. The van der Waals surface area contributed by atoms with Crippen molar-refractivity contribution in [1.29, 1.82) is 0 Å². The smallest absolute Gasteiger partial charge is 0.339 e. The predicted octanol–water partition coefficient (Wildman–Crippen LogP) is 5.34. The van der Waals surface area contributed by atoms with Crippen molar-refractivity contribution in [3.05, 3.63) is 91.8 Å². The first-order valence-corrected chi connectivity index (χ1v) is 28.8. The van der Waals surface area contributed by atoms with Crippen LogP contribution in [0.1, 0.15) is 74.3 Å². The molecule has 1 aromatic heterocycles. The van der Waals surface area contributed by atoms with Crippen molar-refractivity contribution < 1.29 is 75.4 Å². The normalized spacial score (nSPS) is 15.4. The van der Waals surface area contributed by atoms with Crippen LogP contribution in [0.5, 0.6) is 5.75 Å². The third-order valence-electron chi connectivity index (χ3n) is 11.8. The van der Waals surface area contributed by atoms with Crippen LogP contribution in [-0.4, -0.2) is 130 Å². The van der Waals surface area contributed by atoms with Crippen LogP contribution in [0, 0.1) is 46.5 Å². The summed E-state index contributed by atoms with van der Waals surface area (Å²) in [6, 6.07) is 11.6. The summed E-state index contributed by atoms with van der Waals surface area (Å²) in [4.78, 5) is 105. The van der Waals surface area contributed by atoms with E-state index in [1.807, 2.05) is 30.5 Å². The number of anilines is 2. The molecular weight excluding hydrogens is 1100 g/mol. The number of terminal acetylenes is 1. The summed E-state index contributed by atoms with van der Waals surface area (Å²) in [7, 11) is -6.16. The van der Waals surface area contributed by atoms with Crippen LogP contribution in [0.2, 0.25) is 0 Å². The Bertz CT molecular complexity index is 3210. The Kier molecular flexibility index (Phi) is 22.8. The number of carbonyl (C=O) groups excluding carboxylic acids is 5. The minimum atomic E-state index is -4.10. The average Bonchev–Trinajstić information content (AvgIpc) is 3.88. The van der Waals surface area contributed by atoms with E-state index in [1.54, 1.807) is 12.0 Å². The standard InChI is InChI=1S/C18H17FN4O2S.C15H22ClNO2.C14H13NO7S.C3H8NO5P/c1-4-5-22-13-7-12(11(19)6-14(13)25-9-16(22)24)20-17-23-10-18(2,3)8-15(23)21-26-17;1-5-13-8-6-7-11(2)15(13)17(14(18)9-16)12(3)10-19-4;1-23(21,22)8-5-6-9(10(7-8)15(19)20)14(18)13-11(16)3-2-4-12(13)17;5-3(6)1-4-2-10(7,8)9/h1,6-7H,5,8-10H2,2-3H3;6-8,12H,5,9-10H2,1-4H3;5-7,13H,2-4H2,1H3;4H,1-2H2,(H,5,6)(H2,7,8,9)/b20-17-;;;. The number of fused-ring (bicyclic) bond motifs is 2. The van der Waals surface area contributed by atoms with Gasteiger partial charge in [-0.2, -0.15) is 4.37 Å². The molecule has 1 unspecified atom stereocenters. The van der Waals surface area contributed by atoms with Crippen LogP contribution in [0.15, 0.2) is 58.4 Å². The van der Waals surface area contributed by atoms with Crippen molar-refractivity contribution in [2.24, 2.45) is 16.3 Å². The highest BCUT2D eigenvalue weighted by molar-refractivity contribution is 7.90. The maximum absolute atomic E-state index is 14.5. The van der Waals surface area contributed by atoms with Gasteiger partial charge in [0.2, 0.25) is 10.7 Å².